The van der Waals surface area contributed by atoms with E-state index in [1.807, 2.05) is 44.4 Å². The first kappa shape index (κ1) is 9.41. The first-order valence-electron chi connectivity index (χ1n) is 5.41. The summed E-state index contributed by atoms with van der Waals surface area (Å²) >= 11 is 0. The monoisotopic (exact) mass is 191 g/mol. The molecular weight excluding hydrogens is 172 g/mol. The fourth-order valence-corrected chi connectivity index (χ4v) is 1.13. The van der Waals surface area contributed by atoms with Gasteiger partial charge in [0, 0.05) is 12.7 Å². The van der Waals surface area contributed by atoms with Crippen LogP contribution in [0.3, 0.4) is 0 Å². The Kier molecular flexibility index (Phi) is 4.25. The highest BCUT2D eigenvalue weighted by molar-refractivity contribution is 5.79. The molecule has 0 heterocycles. The van der Waals surface area contributed by atoms with E-state index in [2.05, 4.69) is 9.89 Å². The summed E-state index contributed by atoms with van der Waals surface area (Å²) in [5, 5.41) is 0. The van der Waals surface area contributed by atoms with Gasteiger partial charge in [-0.1, -0.05) is 30.3 Å². The van der Waals surface area contributed by atoms with E-state index in [4.69, 9.17) is 1.37 Å². The van der Waals surface area contributed by atoms with Crippen LogP contribution in [0.4, 0.5) is 0 Å². The second-order valence-electron chi connectivity index (χ2n) is 3.52. The quantitative estimate of drug-likeness (QED) is 0.514. The second-order valence-corrected chi connectivity index (χ2v) is 3.52. The maximum Gasteiger partial charge on any atom is 0.0842 e. The van der Waals surface area contributed by atoms with Crippen molar-refractivity contribution in [3.63, 3.8) is 0 Å². The van der Waals surface area contributed by atoms with E-state index in [1.54, 1.807) is 0 Å². The Bertz CT molecular complexity index is 307. The van der Waals surface area contributed by atoms with Crippen LogP contribution in [-0.4, -0.2) is 38.3 Å². The van der Waals surface area contributed by atoms with Crippen molar-refractivity contribution in [2.45, 2.75) is 6.42 Å². The molecule has 1 aromatic carbocycles. The lowest BCUT2D eigenvalue weighted by molar-refractivity contribution is 0.403. The molecule has 0 radical (unpaired) electrons. The molecular formula is C12H18N2. The van der Waals surface area contributed by atoms with Crippen molar-refractivity contribution in [3.05, 3.63) is 35.9 Å². The largest absolute Gasteiger partial charge is 0.309 e. The first-order chi connectivity index (χ1) is 7.20. The van der Waals surface area contributed by atoms with Crippen LogP contribution >= 0.6 is 0 Å². The van der Waals surface area contributed by atoms with Gasteiger partial charge in [0.05, 0.1) is 1.37 Å². The normalized spacial score (nSPS) is 13.1. The molecule has 0 saturated heterocycles. The van der Waals surface area contributed by atoms with Crippen LogP contribution in [0, 0.1) is 0 Å². The molecule has 0 unspecified atom stereocenters. The van der Waals surface area contributed by atoms with Crippen LogP contribution in [0.1, 0.15) is 13.4 Å². The van der Waals surface area contributed by atoms with Crippen molar-refractivity contribution < 1.29 is 1.37 Å². The fourth-order valence-electron chi connectivity index (χ4n) is 1.13. The number of rotatable bonds is 5. The summed E-state index contributed by atoms with van der Waals surface area (Å²) in [6.07, 6.45) is 1.39. The van der Waals surface area contributed by atoms with Crippen molar-refractivity contribution in [1.29, 1.82) is 0 Å². The van der Waals surface area contributed by atoms with E-state index < -0.39 is 0 Å². The van der Waals surface area contributed by atoms with Crippen molar-refractivity contribution >= 4 is 6.19 Å². The molecule has 0 aliphatic carbocycles. The third-order valence-electron chi connectivity index (χ3n) is 1.86. The van der Waals surface area contributed by atoms with E-state index in [1.165, 1.54) is 0 Å². The average molecular weight is 191 g/mol. The van der Waals surface area contributed by atoms with E-state index in [-0.39, 0.29) is 0 Å². The predicted molar refractivity (Wildman–Crippen MR) is 62.1 cm³/mol. The second kappa shape index (κ2) is 6.33. The van der Waals surface area contributed by atoms with Gasteiger partial charge in [-0.25, -0.2) is 0 Å². The van der Waals surface area contributed by atoms with Gasteiger partial charge < -0.3 is 4.90 Å². The molecule has 76 valence electrons. The van der Waals surface area contributed by atoms with Gasteiger partial charge in [0.15, 0.2) is 0 Å². The molecule has 0 aromatic heterocycles. The highest BCUT2D eigenvalue weighted by atomic mass is 15.0. The number of hydrogen-bond acceptors (Lipinski definition) is 2. The summed E-state index contributed by atoms with van der Waals surface area (Å²) in [4.78, 5) is 6.35. The molecule has 0 atom stereocenters. The predicted octanol–water partition coefficient (Wildman–Crippen LogP) is 2.06. The zero-order chi connectivity index (χ0) is 11.1. The maximum atomic E-state index is 7.74. The Morgan fingerprint density at radius 2 is 2.07 bits per heavy atom. The van der Waals surface area contributed by atoms with Crippen LogP contribution in [-0.2, 0) is 0 Å². The Hall–Kier alpha value is -1.15. The summed E-state index contributed by atoms with van der Waals surface area (Å²) in [5.41, 5.74) is 0.891. The molecule has 1 aromatic rings. The highest BCUT2D eigenvalue weighted by Gasteiger charge is 1.88. The molecule has 0 fully saturated rings. The molecule has 0 aliphatic heterocycles. The molecule has 0 aliphatic rings. The summed E-state index contributed by atoms with van der Waals surface area (Å²) < 4.78 is 7.74. The molecule has 0 bridgehead atoms. The van der Waals surface area contributed by atoms with Gasteiger partial charge in [0.25, 0.3) is 0 Å². The zero-order valence-corrected chi connectivity index (χ0v) is 8.90. The standard InChI is InChI=1S/C12H18N2/c1-14(2)10-6-9-13-11-12-7-4-3-5-8-12/h3-5,7-8,11H,6,9-10H2,1-2H3/i11D. The van der Waals surface area contributed by atoms with E-state index in [0.717, 1.165) is 25.1 Å². The van der Waals surface area contributed by atoms with Crippen molar-refractivity contribution in [2.75, 3.05) is 27.2 Å². The summed E-state index contributed by atoms with van der Waals surface area (Å²) in [6, 6.07) is 9.64. The van der Waals surface area contributed by atoms with Crippen LogP contribution in [0.5, 0.6) is 0 Å². The zero-order valence-electron chi connectivity index (χ0n) is 9.90. The Balaban J connectivity index is 2.40. The number of benzene rings is 1. The van der Waals surface area contributed by atoms with Crippen LogP contribution in [0.2, 0.25) is 0 Å². The minimum atomic E-state index is 0.384. The topological polar surface area (TPSA) is 15.6 Å². The number of aliphatic imine (C=N–C) groups is 1. The lowest BCUT2D eigenvalue weighted by atomic mass is 10.2. The number of nitrogens with zero attached hydrogens (tertiary/aromatic N) is 2. The van der Waals surface area contributed by atoms with Crippen LogP contribution in [0.15, 0.2) is 35.3 Å². The summed E-state index contributed by atoms with van der Waals surface area (Å²) in [5.74, 6) is 0. The van der Waals surface area contributed by atoms with Gasteiger partial charge in [-0.15, -0.1) is 0 Å². The molecule has 1 rings (SSSR count). The summed E-state index contributed by atoms with van der Waals surface area (Å²) in [7, 11) is 4.09. The third kappa shape index (κ3) is 4.77. The Morgan fingerprint density at radius 1 is 1.36 bits per heavy atom. The SMILES string of the molecule is [2H]C(=NCCCN(C)C)c1ccccc1. The van der Waals surface area contributed by atoms with Gasteiger partial charge in [-0.05, 0) is 32.6 Å². The average Bonchev–Trinajstić information content (AvgIpc) is 2.25. The van der Waals surface area contributed by atoms with E-state index >= 15 is 0 Å². The highest BCUT2D eigenvalue weighted by Crippen LogP contribution is 1.94. The molecule has 0 amide bonds. The molecule has 14 heavy (non-hydrogen) atoms. The maximum absolute atomic E-state index is 7.74. The van der Waals surface area contributed by atoms with Gasteiger partial charge in [0.1, 0.15) is 0 Å². The van der Waals surface area contributed by atoms with Gasteiger partial charge in [0.2, 0.25) is 0 Å². The smallest absolute Gasteiger partial charge is 0.0842 e. The molecule has 2 nitrogen and oxygen atoms in total. The summed E-state index contributed by atoms with van der Waals surface area (Å²) in [6.45, 7) is 1.75. The minimum Gasteiger partial charge on any atom is -0.309 e. The van der Waals surface area contributed by atoms with Crippen molar-refractivity contribution in [2.24, 2.45) is 4.99 Å². The van der Waals surface area contributed by atoms with E-state index in [0.29, 0.717) is 6.19 Å². The minimum absolute atomic E-state index is 0.384. The van der Waals surface area contributed by atoms with E-state index in [9.17, 15) is 0 Å². The van der Waals surface area contributed by atoms with Crippen LogP contribution < -0.4 is 0 Å². The first-order valence-corrected chi connectivity index (χ1v) is 4.91. The third-order valence-corrected chi connectivity index (χ3v) is 1.86. The molecule has 0 N–H and O–H groups in total. The molecule has 0 saturated carbocycles. The van der Waals surface area contributed by atoms with Crippen LogP contribution in [0.25, 0.3) is 0 Å². The molecule has 0 spiro atoms. The number of hydrogen-bond donors (Lipinski definition) is 0. The van der Waals surface area contributed by atoms with Gasteiger partial charge in [-0.2, -0.15) is 0 Å². The lowest BCUT2D eigenvalue weighted by Crippen LogP contribution is -2.13. The fraction of sp³-hybridized carbons (Fsp3) is 0.417. The van der Waals surface area contributed by atoms with Gasteiger partial charge >= 0.3 is 0 Å². The van der Waals surface area contributed by atoms with Crippen molar-refractivity contribution in [3.8, 4) is 0 Å². The van der Waals surface area contributed by atoms with Gasteiger partial charge in [-0.3, -0.25) is 4.99 Å². The lowest BCUT2D eigenvalue weighted by Gasteiger charge is -2.06. The van der Waals surface area contributed by atoms with Crippen molar-refractivity contribution in [1.82, 2.24) is 4.90 Å². The Morgan fingerprint density at radius 3 is 2.71 bits per heavy atom. The Labute approximate surface area is 87.7 Å². The molecule has 2 heteroatoms.